The molecule has 0 bridgehead atoms. The van der Waals surface area contributed by atoms with Gasteiger partial charge in [0.2, 0.25) is 0 Å². The van der Waals surface area contributed by atoms with Gasteiger partial charge in [0.1, 0.15) is 5.01 Å². The maximum atomic E-state index is 12.4. The number of aryl methyl sites for hydroxylation is 2. The Balaban J connectivity index is 1.81. The molecule has 7 heteroatoms. The first-order valence-corrected chi connectivity index (χ1v) is 9.14. The Morgan fingerprint density at radius 3 is 2.88 bits per heavy atom. The first kappa shape index (κ1) is 17.3. The molecule has 1 saturated heterocycles. The summed E-state index contributed by atoms with van der Waals surface area (Å²) in [6.45, 7) is 8.35. The van der Waals surface area contributed by atoms with Crippen LogP contribution in [0.3, 0.4) is 0 Å². The molecule has 0 spiro atoms. The average Bonchev–Trinajstić information content (AvgIpc) is 3.16. The molecule has 2 aromatic heterocycles. The predicted molar refractivity (Wildman–Crippen MR) is 95.1 cm³/mol. The highest BCUT2D eigenvalue weighted by Gasteiger charge is 2.26. The van der Waals surface area contributed by atoms with Crippen molar-refractivity contribution in [3.05, 3.63) is 32.7 Å². The van der Waals surface area contributed by atoms with E-state index in [4.69, 9.17) is 4.98 Å². The lowest BCUT2D eigenvalue weighted by Gasteiger charge is -2.16. The van der Waals surface area contributed by atoms with Crippen molar-refractivity contribution < 1.29 is 5.11 Å². The van der Waals surface area contributed by atoms with Gasteiger partial charge >= 0.3 is 0 Å². The minimum atomic E-state index is -0.258. The highest BCUT2D eigenvalue weighted by atomic mass is 32.1. The maximum absolute atomic E-state index is 12.4. The highest BCUT2D eigenvalue weighted by molar-refractivity contribution is 7.13. The van der Waals surface area contributed by atoms with Gasteiger partial charge in [-0.05, 0) is 45.2 Å². The third-order valence-corrected chi connectivity index (χ3v) is 5.78. The third kappa shape index (κ3) is 3.29. The van der Waals surface area contributed by atoms with Crippen molar-refractivity contribution in [2.45, 2.75) is 39.8 Å². The number of aromatic nitrogens is 3. The number of likely N-dealkylation sites (tertiary alicyclic amines) is 1. The molecular weight excluding hydrogens is 324 g/mol. The van der Waals surface area contributed by atoms with Gasteiger partial charge in [-0.1, -0.05) is 0 Å². The summed E-state index contributed by atoms with van der Waals surface area (Å²) in [7, 11) is 1.67. The van der Waals surface area contributed by atoms with Crippen molar-refractivity contribution in [3.63, 3.8) is 0 Å². The standard InChI is InChI=1S/C17H24N4O2S/c1-10-11(2)19-20(4)17(23)15(10)16-18-14(9-24-16)8-21-6-5-13(7-21)12(3)22/h9,12-13,22H,5-8H2,1-4H3. The van der Waals surface area contributed by atoms with Gasteiger partial charge in [-0.15, -0.1) is 11.3 Å². The van der Waals surface area contributed by atoms with Gasteiger partial charge in [-0.2, -0.15) is 5.10 Å². The van der Waals surface area contributed by atoms with Crippen LogP contribution in [-0.2, 0) is 13.6 Å². The van der Waals surface area contributed by atoms with Crippen molar-refractivity contribution in [1.82, 2.24) is 19.7 Å². The minimum absolute atomic E-state index is 0.102. The van der Waals surface area contributed by atoms with E-state index in [1.54, 1.807) is 7.05 Å². The molecule has 2 atom stereocenters. The zero-order valence-corrected chi connectivity index (χ0v) is 15.4. The SMILES string of the molecule is Cc1nn(C)c(=O)c(-c2nc(CN3CCC(C(C)O)C3)cs2)c1C. The van der Waals surface area contributed by atoms with Crippen molar-refractivity contribution in [1.29, 1.82) is 0 Å². The summed E-state index contributed by atoms with van der Waals surface area (Å²) in [5.41, 5.74) is 3.29. The van der Waals surface area contributed by atoms with Crippen molar-refractivity contribution >= 4 is 11.3 Å². The second kappa shape index (κ2) is 6.74. The average molecular weight is 348 g/mol. The Bertz CT molecular complexity index is 796. The van der Waals surface area contributed by atoms with Crippen LogP contribution in [0.4, 0.5) is 0 Å². The Labute approximate surface area is 145 Å². The van der Waals surface area contributed by atoms with Gasteiger partial charge in [0.25, 0.3) is 5.56 Å². The molecule has 1 fully saturated rings. The van der Waals surface area contributed by atoms with Crippen LogP contribution in [0.15, 0.2) is 10.2 Å². The van der Waals surface area contributed by atoms with Crippen LogP contribution in [-0.4, -0.2) is 44.0 Å². The van der Waals surface area contributed by atoms with E-state index >= 15 is 0 Å². The van der Waals surface area contributed by atoms with E-state index in [1.165, 1.54) is 16.0 Å². The van der Waals surface area contributed by atoms with E-state index < -0.39 is 0 Å². The number of thiazole rings is 1. The molecule has 6 nitrogen and oxygen atoms in total. The predicted octanol–water partition coefficient (Wildman–Crippen LogP) is 1.72. The fourth-order valence-corrected chi connectivity index (χ4v) is 4.13. The number of aliphatic hydroxyl groups excluding tert-OH is 1. The van der Waals surface area contributed by atoms with Gasteiger partial charge in [-0.25, -0.2) is 9.67 Å². The minimum Gasteiger partial charge on any atom is -0.393 e. The van der Waals surface area contributed by atoms with Gasteiger partial charge in [0, 0.05) is 25.5 Å². The summed E-state index contributed by atoms with van der Waals surface area (Å²) in [5, 5.41) is 16.7. The van der Waals surface area contributed by atoms with E-state index in [9.17, 15) is 9.90 Å². The maximum Gasteiger partial charge on any atom is 0.277 e. The molecule has 24 heavy (non-hydrogen) atoms. The Morgan fingerprint density at radius 2 is 2.21 bits per heavy atom. The molecule has 0 aliphatic carbocycles. The van der Waals surface area contributed by atoms with Gasteiger partial charge in [-0.3, -0.25) is 9.69 Å². The molecule has 1 N–H and O–H groups in total. The van der Waals surface area contributed by atoms with Crippen LogP contribution in [0, 0.1) is 19.8 Å². The van der Waals surface area contributed by atoms with Gasteiger partial charge in [0.05, 0.1) is 23.1 Å². The summed E-state index contributed by atoms with van der Waals surface area (Å²) in [4.78, 5) is 19.5. The van der Waals surface area contributed by atoms with E-state index in [-0.39, 0.29) is 11.7 Å². The first-order chi connectivity index (χ1) is 11.4. The van der Waals surface area contributed by atoms with Gasteiger partial charge < -0.3 is 5.11 Å². The molecule has 1 aliphatic rings. The highest BCUT2D eigenvalue weighted by Crippen LogP contribution is 2.27. The lowest BCUT2D eigenvalue weighted by molar-refractivity contribution is 0.127. The monoisotopic (exact) mass is 348 g/mol. The second-order valence-electron chi connectivity index (χ2n) is 6.68. The molecule has 3 rings (SSSR count). The van der Waals surface area contributed by atoms with Crippen LogP contribution in [0.5, 0.6) is 0 Å². The Morgan fingerprint density at radius 1 is 1.46 bits per heavy atom. The lowest BCUT2D eigenvalue weighted by atomic mass is 10.0. The Kier molecular flexibility index (Phi) is 4.85. The third-order valence-electron chi connectivity index (χ3n) is 4.87. The number of aliphatic hydroxyl groups is 1. The molecule has 3 heterocycles. The summed E-state index contributed by atoms with van der Waals surface area (Å²) in [6, 6.07) is 0. The quantitative estimate of drug-likeness (QED) is 0.911. The molecule has 2 aromatic rings. The van der Waals surface area contributed by atoms with E-state index in [0.717, 1.165) is 48.0 Å². The molecule has 0 amide bonds. The van der Waals surface area contributed by atoms with Gasteiger partial charge in [0.15, 0.2) is 0 Å². The largest absolute Gasteiger partial charge is 0.393 e. The first-order valence-electron chi connectivity index (χ1n) is 8.26. The molecular formula is C17H24N4O2S. The van der Waals surface area contributed by atoms with Crippen LogP contribution >= 0.6 is 11.3 Å². The summed E-state index contributed by atoms with van der Waals surface area (Å²) < 4.78 is 1.38. The molecule has 2 unspecified atom stereocenters. The number of rotatable bonds is 4. The molecule has 0 saturated carbocycles. The summed E-state index contributed by atoms with van der Waals surface area (Å²) in [5.74, 6) is 0.348. The normalized spacial score (nSPS) is 19.8. The van der Waals surface area contributed by atoms with Crippen LogP contribution < -0.4 is 5.56 Å². The number of nitrogens with zero attached hydrogens (tertiary/aromatic N) is 4. The number of hydrogen-bond donors (Lipinski definition) is 1. The smallest absolute Gasteiger partial charge is 0.277 e. The van der Waals surface area contributed by atoms with E-state index in [0.29, 0.717) is 11.5 Å². The van der Waals surface area contributed by atoms with Crippen molar-refractivity contribution in [2.24, 2.45) is 13.0 Å². The molecule has 130 valence electrons. The van der Waals surface area contributed by atoms with Crippen LogP contribution in [0.2, 0.25) is 0 Å². The van der Waals surface area contributed by atoms with E-state index in [1.807, 2.05) is 26.2 Å². The van der Waals surface area contributed by atoms with Crippen LogP contribution in [0.1, 0.15) is 30.3 Å². The van der Waals surface area contributed by atoms with Crippen molar-refractivity contribution in [2.75, 3.05) is 13.1 Å². The van der Waals surface area contributed by atoms with Crippen molar-refractivity contribution in [3.8, 4) is 10.6 Å². The zero-order valence-electron chi connectivity index (χ0n) is 14.6. The Hall–Kier alpha value is -1.57. The summed E-state index contributed by atoms with van der Waals surface area (Å²) >= 11 is 1.51. The molecule has 1 aliphatic heterocycles. The zero-order chi connectivity index (χ0) is 17.4. The topological polar surface area (TPSA) is 71.2 Å². The summed E-state index contributed by atoms with van der Waals surface area (Å²) in [6.07, 6.45) is 0.768. The molecule has 0 aromatic carbocycles. The lowest BCUT2D eigenvalue weighted by Crippen LogP contribution is -2.24. The second-order valence-corrected chi connectivity index (χ2v) is 7.54. The fraction of sp³-hybridized carbons (Fsp3) is 0.588. The molecule has 0 radical (unpaired) electrons. The van der Waals surface area contributed by atoms with E-state index in [2.05, 4.69) is 10.00 Å². The fourth-order valence-electron chi connectivity index (χ4n) is 3.22. The number of hydrogen-bond acceptors (Lipinski definition) is 6. The van der Waals surface area contributed by atoms with Crippen LogP contribution in [0.25, 0.3) is 10.6 Å².